The van der Waals surface area contributed by atoms with Crippen molar-refractivity contribution in [2.45, 2.75) is 70.3 Å². The second kappa shape index (κ2) is 10.9. The predicted molar refractivity (Wildman–Crippen MR) is 136 cm³/mol. The molecule has 2 aliphatic heterocycles. The summed E-state index contributed by atoms with van der Waals surface area (Å²) < 4.78 is 47.4. The van der Waals surface area contributed by atoms with Crippen LogP contribution in [-0.2, 0) is 10.9 Å². The number of hydrogen-bond acceptors (Lipinski definition) is 5. The maximum Gasteiger partial charge on any atom is 0.416 e. The van der Waals surface area contributed by atoms with Crippen molar-refractivity contribution in [3.63, 3.8) is 0 Å². The first-order valence-electron chi connectivity index (χ1n) is 12.8. The van der Waals surface area contributed by atoms with E-state index in [9.17, 15) is 22.8 Å². The van der Waals surface area contributed by atoms with E-state index < -0.39 is 23.7 Å². The standard InChI is InChI=1S/C27H35F3N4O3/c1-17-20(5-4-6-22(17)27(28,29)30)18(2)32-25(36)21-16-34(19-7-13-37-14-8-19)24(35)15-23(21)33-26(3)9-11-31-12-10-26/h4-6,15-16,18-19,31,33H,7-14H2,1-3H3,(H,32,36)/t18-/m1/s1. The van der Waals surface area contributed by atoms with Crippen LogP contribution in [0.15, 0.2) is 35.3 Å². The summed E-state index contributed by atoms with van der Waals surface area (Å²) in [6.45, 7) is 7.85. The Morgan fingerprint density at radius 3 is 2.54 bits per heavy atom. The highest BCUT2D eigenvalue weighted by Crippen LogP contribution is 2.35. The van der Waals surface area contributed by atoms with E-state index in [0.717, 1.165) is 32.0 Å². The summed E-state index contributed by atoms with van der Waals surface area (Å²) in [4.78, 5) is 26.7. The Bertz CT molecular complexity index is 1180. The van der Waals surface area contributed by atoms with E-state index in [4.69, 9.17) is 4.74 Å². The van der Waals surface area contributed by atoms with Gasteiger partial charge in [-0.1, -0.05) is 12.1 Å². The molecular weight excluding hydrogens is 485 g/mol. The number of anilines is 1. The Morgan fingerprint density at radius 2 is 1.89 bits per heavy atom. The van der Waals surface area contributed by atoms with Crippen LogP contribution in [0.4, 0.5) is 18.9 Å². The third kappa shape index (κ3) is 6.18. The molecule has 10 heteroatoms. The van der Waals surface area contributed by atoms with Gasteiger partial charge in [0.2, 0.25) is 0 Å². The Morgan fingerprint density at radius 1 is 1.22 bits per heavy atom. The van der Waals surface area contributed by atoms with Crippen molar-refractivity contribution in [3.8, 4) is 0 Å². The van der Waals surface area contributed by atoms with Crippen LogP contribution in [0.1, 0.15) is 78.7 Å². The first-order valence-corrected chi connectivity index (χ1v) is 12.8. The van der Waals surface area contributed by atoms with Crippen molar-refractivity contribution in [2.75, 3.05) is 31.6 Å². The molecule has 0 radical (unpaired) electrons. The Kier molecular flexibility index (Phi) is 7.99. The van der Waals surface area contributed by atoms with Crippen molar-refractivity contribution < 1.29 is 22.7 Å². The molecule has 1 aromatic carbocycles. The van der Waals surface area contributed by atoms with Gasteiger partial charge in [-0.15, -0.1) is 0 Å². The molecule has 0 unspecified atom stereocenters. The number of aromatic nitrogens is 1. The maximum absolute atomic E-state index is 13.6. The van der Waals surface area contributed by atoms with Gasteiger partial charge < -0.3 is 25.3 Å². The Balaban J connectivity index is 1.67. The highest BCUT2D eigenvalue weighted by Gasteiger charge is 2.34. The molecule has 1 atom stereocenters. The number of carbonyl (C=O) groups excluding carboxylic acids is 1. The fraction of sp³-hybridized carbons (Fsp3) is 0.556. The number of rotatable bonds is 6. The Labute approximate surface area is 214 Å². The molecule has 37 heavy (non-hydrogen) atoms. The molecule has 0 aliphatic carbocycles. The van der Waals surface area contributed by atoms with Crippen LogP contribution in [0.3, 0.4) is 0 Å². The monoisotopic (exact) mass is 520 g/mol. The number of amides is 1. The number of halogens is 3. The van der Waals surface area contributed by atoms with Gasteiger partial charge in [-0.05, 0) is 76.7 Å². The fourth-order valence-corrected chi connectivity index (χ4v) is 5.29. The van der Waals surface area contributed by atoms with Gasteiger partial charge in [-0.2, -0.15) is 13.2 Å². The van der Waals surface area contributed by atoms with E-state index in [1.54, 1.807) is 23.8 Å². The second-order valence-corrected chi connectivity index (χ2v) is 10.3. The predicted octanol–water partition coefficient (Wildman–Crippen LogP) is 4.57. The summed E-state index contributed by atoms with van der Waals surface area (Å²) in [5.41, 5.74) is -0.0340. The smallest absolute Gasteiger partial charge is 0.381 e. The van der Waals surface area contributed by atoms with Gasteiger partial charge in [0, 0.05) is 37.1 Å². The summed E-state index contributed by atoms with van der Waals surface area (Å²) in [6.07, 6.45) is 0.0678. The molecule has 7 nitrogen and oxygen atoms in total. The lowest BCUT2D eigenvalue weighted by molar-refractivity contribution is -0.138. The quantitative estimate of drug-likeness (QED) is 0.520. The molecule has 1 amide bonds. The molecule has 2 aromatic rings. The fourth-order valence-electron chi connectivity index (χ4n) is 5.29. The highest BCUT2D eigenvalue weighted by atomic mass is 19.4. The molecule has 202 valence electrons. The normalized spacial score (nSPS) is 19.3. The Hall–Kier alpha value is -2.85. The second-order valence-electron chi connectivity index (χ2n) is 10.3. The lowest BCUT2D eigenvalue weighted by Crippen LogP contribution is -2.46. The molecule has 4 rings (SSSR count). The summed E-state index contributed by atoms with van der Waals surface area (Å²) in [7, 11) is 0. The maximum atomic E-state index is 13.6. The van der Waals surface area contributed by atoms with Crippen LogP contribution in [0.2, 0.25) is 0 Å². The zero-order valence-electron chi connectivity index (χ0n) is 21.5. The summed E-state index contributed by atoms with van der Waals surface area (Å²) in [6, 6.07) is 4.69. The van der Waals surface area contributed by atoms with E-state index in [2.05, 4.69) is 22.9 Å². The van der Waals surface area contributed by atoms with E-state index >= 15 is 0 Å². The average Bonchev–Trinajstić information content (AvgIpc) is 2.84. The first kappa shape index (κ1) is 27.2. The summed E-state index contributed by atoms with van der Waals surface area (Å²) >= 11 is 0. The lowest BCUT2D eigenvalue weighted by Gasteiger charge is -2.36. The third-order valence-corrected chi connectivity index (χ3v) is 7.55. The molecule has 0 spiro atoms. The molecule has 3 heterocycles. The molecule has 2 fully saturated rings. The number of alkyl halides is 3. The molecule has 0 saturated carbocycles. The SMILES string of the molecule is Cc1c([C@@H](C)NC(=O)c2cn(C3CCOCC3)c(=O)cc2NC2(C)CCNCC2)cccc1C(F)(F)F. The van der Waals surface area contributed by atoms with Gasteiger partial charge in [0.15, 0.2) is 0 Å². The van der Waals surface area contributed by atoms with Crippen LogP contribution >= 0.6 is 0 Å². The van der Waals surface area contributed by atoms with Crippen LogP contribution in [0, 0.1) is 6.92 Å². The van der Waals surface area contributed by atoms with Crippen LogP contribution in [0.25, 0.3) is 0 Å². The van der Waals surface area contributed by atoms with Crippen molar-refractivity contribution >= 4 is 11.6 Å². The zero-order valence-corrected chi connectivity index (χ0v) is 21.5. The first-order chi connectivity index (χ1) is 17.5. The van der Waals surface area contributed by atoms with Crippen molar-refractivity contribution in [1.82, 2.24) is 15.2 Å². The molecule has 2 saturated heterocycles. The molecule has 0 bridgehead atoms. The summed E-state index contributed by atoms with van der Waals surface area (Å²) in [5, 5.41) is 9.63. The number of nitrogens with zero attached hydrogens (tertiary/aromatic N) is 1. The van der Waals surface area contributed by atoms with E-state index in [1.165, 1.54) is 19.1 Å². The van der Waals surface area contributed by atoms with Crippen molar-refractivity contribution in [1.29, 1.82) is 0 Å². The van der Waals surface area contributed by atoms with Gasteiger partial charge in [-0.25, -0.2) is 0 Å². The van der Waals surface area contributed by atoms with E-state index in [-0.39, 0.29) is 22.7 Å². The van der Waals surface area contributed by atoms with Gasteiger partial charge in [0.05, 0.1) is 22.9 Å². The van der Waals surface area contributed by atoms with E-state index in [1.807, 2.05) is 0 Å². The van der Waals surface area contributed by atoms with Crippen LogP contribution in [-0.4, -0.2) is 42.3 Å². The summed E-state index contributed by atoms with van der Waals surface area (Å²) in [5.74, 6) is -0.454. The number of hydrogen-bond donors (Lipinski definition) is 3. The van der Waals surface area contributed by atoms with E-state index in [0.29, 0.717) is 42.9 Å². The van der Waals surface area contributed by atoms with Gasteiger partial charge >= 0.3 is 6.18 Å². The number of nitrogens with one attached hydrogen (secondary N) is 3. The molecule has 2 aliphatic rings. The van der Waals surface area contributed by atoms with Crippen molar-refractivity contribution in [2.24, 2.45) is 0 Å². The zero-order chi connectivity index (χ0) is 26.8. The van der Waals surface area contributed by atoms with Crippen LogP contribution < -0.4 is 21.5 Å². The largest absolute Gasteiger partial charge is 0.416 e. The molecule has 1 aromatic heterocycles. The number of benzene rings is 1. The number of ether oxygens (including phenoxy) is 1. The van der Waals surface area contributed by atoms with Gasteiger partial charge in [0.1, 0.15) is 0 Å². The topological polar surface area (TPSA) is 84.4 Å². The molecule has 3 N–H and O–H groups in total. The number of carbonyl (C=O) groups is 1. The van der Waals surface area contributed by atoms with Crippen LogP contribution in [0.5, 0.6) is 0 Å². The molecular formula is C27H35F3N4O3. The lowest BCUT2D eigenvalue weighted by atomic mass is 9.90. The minimum absolute atomic E-state index is 0.0792. The van der Waals surface area contributed by atoms with Gasteiger partial charge in [-0.3, -0.25) is 9.59 Å². The average molecular weight is 521 g/mol. The number of pyridine rings is 1. The highest BCUT2D eigenvalue weighted by molar-refractivity contribution is 5.99. The van der Waals surface area contributed by atoms with Gasteiger partial charge in [0.25, 0.3) is 11.5 Å². The third-order valence-electron chi connectivity index (χ3n) is 7.55. The minimum Gasteiger partial charge on any atom is -0.381 e. The minimum atomic E-state index is -4.48. The number of piperidine rings is 1. The van der Waals surface area contributed by atoms with Crippen molar-refractivity contribution in [3.05, 3.63) is 63.1 Å².